The van der Waals surface area contributed by atoms with Crippen molar-refractivity contribution in [1.82, 2.24) is 15.2 Å². The number of alkyl halides is 1. The summed E-state index contributed by atoms with van der Waals surface area (Å²) in [5.41, 5.74) is 3.21. The monoisotopic (exact) mass is 427 g/mol. The molecule has 4 nitrogen and oxygen atoms in total. The molecule has 2 heterocycles. The first-order valence-electron chi connectivity index (χ1n) is 10.5. The van der Waals surface area contributed by atoms with Crippen LogP contribution in [0.1, 0.15) is 43.5 Å². The van der Waals surface area contributed by atoms with Crippen LogP contribution in [0.2, 0.25) is 0 Å². The Morgan fingerprint density at radius 2 is 2.00 bits per heavy atom. The highest BCUT2D eigenvalue weighted by molar-refractivity contribution is 6.27. The van der Waals surface area contributed by atoms with Crippen molar-refractivity contribution in [2.24, 2.45) is 0 Å². The minimum atomic E-state index is -0.809. The second-order valence-electron chi connectivity index (χ2n) is 8.03. The van der Waals surface area contributed by atoms with Gasteiger partial charge in [0.1, 0.15) is 17.2 Å². The molecule has 6 heteroatoms. The van der Waals surface area contributed by atoms with E-state index in [9.17, 15) is 9.18 Å². The van der Waals surface area contributed by atoms with Crippen molar-refractivity contribution < 1.29 is 9.18 Å². The zero-order valence-electron chi connectivity index (χ0n) is 17.3. The Labute approximate surface area is 181 Å². The number of carbonyl (C=O) groups is 1. The van der Waals surface area contributed by atoms with Crippen LogP contribution in [0, 0.1) is 5.82 Å². The first-order valence-corrected chi connectivity index (χ1v) is 11.0. The van der Waals surface area contributed by atoms with E-state index >= 15 is 0 Å². The number of benzene rings is 2. The third-order valence-electron chi connectivity index (χ3n) is 6.19. The number of nitrogens with zero attached hydrogens (tertiary/aromatic N) is 1. The van der Waals surface area contributed by atoms with Gasteiger partial charge >= 0.3 is 0 Å². The van der Waals surface area contributed by atoms with Crippen molar-refractivity contribution >= 4 is 28.4 Å². The molecule has 0 fully saturated rings. The number of carbonyl (C=O) groups excluding carboxylic acids is 1. The summed E-state index contributed by atoms with van der Waals surface area (Å²) >= 11 is 6.07. The van der Waals surface area contributed by atoms with Crippen LogP contribution in [0.4, 0.5) is 4.39 Å². The van der Waals surface area contributed by atoms with E-state index in [1.807, 2.05) is 30.0 Å². The summed E-state index contributed by atoms with van der Waals surface area (Å²) < 4.78 is 13.7. The van der Waals surface area contributed by atoms with Crippen LogP contribution in [0.5, 0.6) is 0 Å². The molecule has 2 atom stereocenters. The number of para-hydroxylation sites is 1. The summed E-state index contributed by atoms with van der Waals surface area (Å²) in [6, 6.07) is 14.6. The van der Waals surface area contributed by atoms with Gasteiger partial charge in [-0.2, -0.15) is 0 Å². The summed E-state index contributed by atoms with van der Waals surface area (Å²) in [6.07, 6.45) is 2.57. The maximum absolute atomic E-state index is 13.7. The van der Waals surface area contributed by atoms with E-state index < -0.39 is 5.54 Å². The molecule has 0 radical (unpaired) electrons. The van der Waals surface area contributed by atoms with E-state index in [0.717, 1.165) is 41.5 Å². The number of rotatable bonds is 6. The summed E-state index contributed by atoms with van der Waals surface area (Å²) in [5.74, 6) is -0.567. The molecule has 2 N–H and O–H groups in total. The van der Waals surface area contributed by atoms with Crippen LogP contribution in [-0.4, -0.2) is 34.4 Å². The smallest absolute Gasteiger partial charge is 0.239 e. The van der Waals surface area contributed by atoms with Crippen LogP contribution in [0.15, 0.2) is 48.5 Å². The predicted octanol–water partition coefficient (Wildman–Crippen LogP) is 4.91. The van der Waals surface area contributed by atoms with Crippen molar-refractivity contribution in [3.05, 3.63) is 71.2 Å². The fourth-order valence-corrected chi connectivity index (χ4v) is 4.83. The Bertz CT molecular complexity index is 1050. The number of aromatic nitrogens is 1. The molecule has 3 aromatic rings. The summed E-state index contributed by atoms with van der Waals surface area (Å²) in [4.78, 5) is 18.6. The number of amides is 1. The second kappa shape index (κ2) is 8.40. The number of aromatic amines is 1. The van der Waals surface area contributed by atoms with E-state index in [2.05, 4.69) is 23.3 Å². The van der Waals surface area contributed by atoms with E-state index in [1.54, 1.807) is 12.1 Å². The fraction of sp³-hybridized carbons (Fsp3) is 0.375. The van der Waals surface area contributed by atoms with Crippen LogP contribution >= 0.6 is 11.6 Å². The number of hydrogen-bond acceptors (Lipinski definition) is 2. The predicted molar refractivity (Wildman–Crippen MR) is 119 cm³/mol. The minimum Gasteiger partial charge on any atom is -0.356 e. The van der Waals surface area contributed by atoms with Gasteiger partial charge in [-0.25, -0.2) is 4.39 Å². The molecule has 30 heavy (non-hydrogen) atoms. The number of hydrogen-bond donors (Lipinski definition) is 2. The van der Waals surface area contributed by atoms with Gasteiger partial charge < -0.3 is 9.88 Å². The number of nitrogens with one attached hydrogen (secondary N) is 2. The zero-order chi connectivity index (χ0) is 21.3. The second-order valence-corrected chi connectivity index (χ2v) is 8.30. The highest BCUT2D eigenvalue weighted by Crippen LogP contribution is 2.45. The Morgan fingerprint density at radius 1 is 1.27 bits per heavy atom. The lowest BCUT2D eigenvalue weighted by molar-refractivity contribution is -0.138. The molecule has 1 amide bonds. The first-order chi connectivity index (χ1) is 14.5. The number of H-pyrrole nitrogens is 1. The van der Waals surface area contributed by atoms with Crippen molar-refractivity contribution in [3.63, 3.8) is 0 Å². The lowest BCUT2D eigenvalue weighted by Gasteiger charge is -2.49. The lowest BCUT2D eigenvalue weighted by atomic mass is 9.79. The van der Waals surface area contributed by atoms with Gasteiger partial charge in [-0.15, -0.1) is 11.6 Å². The Balaban J connectivity index is 1.94. The van der Waals surface area contributed by atoms with Gasteiger partial charge in [0.15, 0.2) is 0 Å². The standard InChI is InChI=1S/C24H27ClFN3O/c1-3-4-13-27-21-14-19-18-7-5-6-8-20(18)28-23(19)24(2,29(21)22(30)15-25)16-9-11-17(26)12-10-16/h5-12,21,27-28H,3-4,13-15H2,1-2H3/t21-,24+/m1/s1. The maximum Gasteiger partial charge on any atom is 0.239 e. The molecule has 0 spiro atoms. The van der Waals surface area contributed by atoms with Crippen LogP contribution in [-0.2, 0) is 16.8 Å². The van der Waals surface area contributed by atoms with E-state index in [-0.39, 0.29) is 23.8 Å². The maximum atomic E-state index is 13.7. The van der Waals surface area contributed by atoms with Crippen molar-refractivity contribution in [3.8, 4) is 0 Å². The van der Waals surface area contributed by atoms with Gasteiger partial charge in [0, 0.05) is 23.0 Å². The summed E-state index contributed by atoms with van der Waals surface area (Å²) in [7, 11) is 0. The van der Waals surface area contributed by atoms with Crippen LogP contribution in [0.3, 0.4) is 0 Å². The largest absolute Gasteiger partial charge is 0.356 e. The van der Waals surface area contributed by atoms with Crippen LogP contribution < -0.4 is 5.32 Å². The van der Waals surface area contributed by atoms with Gasteiger partial charge in [0.25, 0.3) is 0 Å². The van der Waals surface area contributed by atoms with E-state index in [4.69, 9.17) is 11.6 Å². The van der Waals surface area contributed by atoms with Gasteiger partial charge in [0.05, 0.1) is 6.17 Å². The summed E-state index contributed by atoms with van der Waals surface area (Å²) in [6.45, 7) is 4.97. The zero-order valence-corrected chi connectivity index (χ0v) is 18.1. The average Bonchev–Trinajstić information content (AvgIpc) is 3.13. The van der Waals surface area contributed by atoms with E-state index in [1.165, 1.54) is 17.7 Å². The Kier molecular flexibility index (Phi) is 5.85. The fourth-order valence-electron chi connectivity index (χ4n) is 4.70. The highest BCUT2D eigenvalue weighted by Gasteiger charge is 2.48. The molecule has 1 aliphatic rings. The topological polar surface area (TPSA) is 48.1 Å². The molecule has 1 aliphatic heterocycles. The highest BCUT2D eigenvalue weighted by atomic mass is 35.5. The molecule has 158 valence electrons. The Hall–Kier alpha value is -2.37. The molecular weight excluding hydrogens is 401 g/mol. The average molecular weight is 428 g/mol. The molecule has 0 bridgehead atoms. The molecule has 0 saturated heterocycles. The summed E-state index contributed by atoms with van der Waals surface area (Å²) in [5, 5.41) is 4.73. The lowest BCUT2D eigenvalue weighted by Crippen LogP contribution is -2.62. The molecule has 2 aromatic carbocycles. The molecule has 0 saturated carbocycles. The SMILES string of the molecule is CCCCN[C@H]1Cc2c([nH]c3ccccc23)[C@](C)(c2ccc(F)cc2)N1C(=O)CCl. The number of fused-ring (bicyclic) bond motifs is 3. The molecule has 4 rings (SSSR count). The minimum absolute atomic E-state index is 0.113. The molecule has 1 aromatic heterocycles. The van der Waals surface area contributed by atoms with Gasteiger partial charge in [0.2, 0.25) is 5.91 Å². The van der Waals surface area contributed by atoms with Crippen molar-refractivity contribution in [2.45, 2.75) is 44.8 Å². The van der Waals surface area contributed by atoms with Gasteiger partial charge in [-0.05, 0) is 49.2 Å². The number of halogens is 2. The van der Waals surface area contributed by atoms with Crippen molar-refractivity contribution in [1.29, 1.82) is 0 Å². The third kappa shape index (κ3) is 3.40. The van der Waals surface area contributed by atoms with Gasteiger partial charge in [-0.1, -0.05) is 43.7 Å². The molecular formula is C24H27ClFN3O. The molecule has 0 aliphatic carbocycles. The molecule has 0 unspecified atom stereocenters. The van der Waals surface area contributed by atoms with Crippen molar-refractivity contribution in [2.75, 3.05) is 12.4 Å². The normalized spacial score (nSPS) is 21.1. The Morgan fingerprint density at radius 3 is 2.70 bits per heavy atom. The quantitative estimate of drug-likeness (QED) is 0.433. The number of unbranched alkanes of at least 4 members (excludes halogenated alkanes) is 1. The van der Waals surface area contributed by atoms with E-state index in [0.29, 0.717) is 6.42 Å². The third-order valence-corrected chi connectivity index (χ3v) is 6.42. The van der Waals surface area contributed by atoms with Crippen LogP contribution in [0.25, 0.3) is 10.9 Å². The van der Waals surface area contributed by atoms with Gasteiger partial charge in [-0.3, -0.25) is 10.1 Å². The first kappa shape index (κ1) is 20.9.